The Hall–Kier alpha value is -0.280. The Morgan fingerprint density at radius 2 is 1.92 bits per heavy atom. The molecule has 1 fully saturated rings. The van der Waals surface area contributed by atoms with Crippen LogP contribution in [-0.2, 0) is 0 Å². The fourth-order valence-electron chi connectivity index (χ4n) is 2.92. The summed E-state index contributed by atoms with van der Waals surface area (Å²) in [5.41, 5.74) is 6.94. The van der Waals surface area contributed by atoms with E-state index >= 15 is 0 Å². The zero-order valence-corrected chi connectivity index (χ0v) is 19.4. The van der Waals surface area contributed by atoms with Crippen LogP contribution < -0.4 is 11.1 Å². The summed E-state index contributed by atoms with van der Waals surface area (Å²) in [6.45, 7) is 8.57. The fraction of sp³-hybridized carbons (Fsp3) is 0.611. The van der Waals surface area contributed by atoms with Gasteiger partial charge in [0.2, 0.25) is 0 Å². The van der Waals surface area contributed by atoms with E-state index in [1.54, 1.807) is 6.07 Å². The number of halogens is 3. The average Bonchev–Trinajstić information content (AvgIpc) is 2.56. The highest BCUT2D eigenvalue weighted by Gasteiger charge is 2.13. The molecule has 3 N–H and O–H groups in total. The molecule has 1 aromatic carbocycles. The van der Waals surface area contributed by atoms with Gasteiger partial charge in [0, 0.05) is 42.8 Å². The van der Waals surface area contributed by atoms with Crippen LogP contribution in [-0.4, -0.2) is 62.1 Å². The van der Waals surface area contributed by atoms with Crippen molar-refractivity contribution in [3.05, 3.63) is 33.8 Å². The first-order chi connectivity index (χ1) is 12.0. The lowest BCUT2D eigenvalue weighted by molar-refractivity contribution is 0.152. The maximum absolute atomic E-state index is 6.22. The summed E-state index contributed by atoms with van der Waals surface area (Å²) in [4.78, 5) is 9.32. The number of hydrogen-bond donors (Lipinski definition) is 2. The summed E-state index contributed by atoms with van der Waals surface area (Å²) < 4.78 is 0. The van der Waals surface area contributed by atoms with E-state index in [1.165, 1.54) is 26.2 Å². The molecule has 0 bridgehead atoms. The van der Waals surface area contributed by atoms with E-state index in [1.807, 2.05) is 19.1 Å². The van der Waals surface area contributed by atoms with Gasteiger partial charge in [-0.15, -0.1) is 24.0 Å². The van der Waals surface area contributed by atoms with Crippen LogP contribution >= 0.6 is 47.2 Å². The molecule has 148 valence electrons. The van der Waals surface area contributed by atoms with E-state index in [0.717, 1.165) is 31.5 Å². The number of nitrogens with one attached hydrogen (secondary N) is 1. The summed E-state index contributed by atoms with van der Waals surface area (Å²) in [7, 11) is 2.18. The first kappa shape index (κ1) is 23.8. The van der Waals surface area contributed by atoms with Gasteiger partial charge in [0.15, 0.2) is 5.96 Å². The SMILES string of the molecule is CC(NC(N)=NCCCCN1CCN(C)CC1)c1ccc(Cl)cc1Cl.I. The maximum Gasteiger partial charge on any atom is 0.189 e. The number of rotatable bonds is 7. The lowest BCUT2D eigenvalue weighted by Gasteiger charge is -2.32. The molecule has 1 aromatic rings. The van der Waals surface area contributed by atoms with Crippen LogP contribution in [0.2, 0.25) is 10.0 Å². The number of unbranched alkanes of at least 4 members (excludes halogenated alkanes) is 1. The van der Waals surface area contributed by atoms with Crippen LogP contribution in [0, 0.1) is 0 Å². The third-order valence-corrected chi connectivity index (χ3v) is 5.12. The summed E-state index contributed by atoms with van der Waals surface area (Å²) in [6, 6.07) is 5.46. The smallest absolute Gasteiger partial charge is 0.189 e. The van der Waals surface area contributed by atoms with Crippen molar-refractivity contribution in [1.82, 2.24) is 15.1 Å². The van der Waals surface area contributed by atoms with Gasteiger partial charge in [0.25, 0.3) is 0 Å². The molecular formula is C18H30Cl2IN5. The molecule has 1 heterocycles. The van der Waals surface area contributed by atoms with Crippen molar-refractivity contribution in [2.45, 2.75) is 25.8 Å². The number of nitrogens with two attached hydrogens (primary N) is 1. The second-order valence-corrected chi connectivity index (χ2v) is 7.49. The normalized spacial score (nSPS) is 17.6. The summed E-state index contributed by atoms with van der Waals surface area (Å²) in [5.74, 6) is 0.457. The van der Waals surface area contributed by atoms with Gasteiger partial charge in [-0.25, -0.2) is 0 Å². The Morgan fingerprint density at radius 1 is 1.23 bits per heavy atom. The van der Waals surface area contributed by atoms with E-state index in [-0.39, 0.29) is 30.0 Å². The second kappa shape index (κ2) is 12.2. The summed E-state index contributed by atoms with van der Waals surface area (Å²) in [6.07, 6.45) is 2.20. The van der Waals surface area contributed by atoms with E-state index < -0.39 is 0 Å². The quantitative estimate of drug-likeness (QED) is 0.253. The Kier molecular flexibility index (Phi) is 11.2. The van der Waals surface area contributed by atoms with Gasteiger partial charge in [-0.2, -0.15) is 0 Å². The van der Waals surface area contributed by atoms with E-state index in [2.05, 4.69) is 27.2 Å². The van der Waals surface area contributed by atoms with Gasteiger partial charge in [-0.3, -0.25) is 4.99 Å². The second-order valence-electron chi connectivity index (χ2n) is 6.65. The van der Waals surface area contributed by atoms with Gasteiger partial charge in [-0.1, -0.05) is 29.3 Å². The molecule has 8 heteroatoms. The van der Waals surface area contributed by atoms with Crippen molar-refractivity contribution in [2.75, 3.05) is 46.3 Å². The van der Waals surface area contributed by atoms with Gasteiger partial charge in [0.1, 0.15) is 0 Å². The van der Waals surface area contributed by atoms with Gasteiger partial charge >= 0.3 is 0 Å². The molecule has 1 atom stereocenters. The van der Waals surface area contributed by atoms with E-state index in [4.69, 9.17) is 28.9 Å². The van der Waals surface area contributed by atoms with Crippen molar-refractivity contribution in [3.63, 3.8) is 0 Å². The number of piperazine rings is 1. The highest BCUT2D eigenvalue weighted by atomic mass is 127. The number of nitrogens with zero attached hydrogens (tertiary/aromatic N) is 3. The molecule has 0 aromatic heterocycles. The molecule has 26 heavy (non-hydrogen) atoms. The maximum atomic E-state index is 6.22. The van der Waals surface area contributed by atoms with Crippen LogP contribution in [0.15, 0.2) is 23.2 Å². The molecule has 0 amide bonds. The van der Waals surface area contributed by atoms with Crippen molar-refractivity contribution >= 4 is 53.1 Å². The predicted octanol–water partition coefficient (Wildman–Crippen LogP) is 3.60. The number of guanidine groups is 1. The predicted molar refractivity (Wildman–Crippen MR) is 123 cm³/mol. The average molecular weight is 514 g/mol. The van der Waals surface area contributed by atoms with Gasteiger partial charge < -0.3 is 20.9 Å². The molecule has 0 saturated carbocycles. The molecule has 5 nitrogen and oxygen atoms in total. The molecule has 0 aliphatic carbocycles. The van der Waals surface area contributed by atoms with Gasteiger partial charge in [0.05, 0.1) is 6.04 Å². The molecule has 2 rings (SSSR count). The minimum Gasteiger partial charge on any atom is -0.370 e. The number of aliphatic imine (C=N–C) groups is 1. The fourth-order valence-corrected chi connectivity index (χ4v) is 3.49. The van der Waals surface area contributed by atoms with Crippen molar-refractivity contribution < 1.29 is 0 Å². The third-order valence-electron chi connectivity index (χ3n) is 4.55. The van der Waals surface area contributed by atoms with E-state index in [9.17, 15) is 0 Å². The van der Waals surface area contributed by atoms with Crippen LogP contribution in [0.4, 0.5) is 0 Å². The Morgan fingerprint density at radius 3 is 2.58 bits per heavy atom. The zero-order chi connectivity index (χ0) is 18.2. The molecule has 1 saturated heterocycles. The first-order valence-corrected chi connectivity index (χ1v) is 9.63. The van der Waals surface area contributed by atoms with E-state index in [0.29, 0.717) is 16.0 Å². The molecule has 1 aliphatic heterocycles. The monoisotopic (exact) mass is 513 g/mol. The number of benzene rings is 1. The van der Waals surface area contributed by atoms with Crippen molar-refractivity contribution in [1.29, 1.82) is 0 Å². The first-order valence-electron chi connectivity index (χ1n) is 8.88. The summed E-state index contributed by atoms with van der Waals surface area (Å²) >= 11 is 12.2. The third kappa shape index (κ3) is 8.17. The molecular weight excluding hydrogens is 484 g/mol. The number of likely N-dealkylation sites (N-methyl/N-ethyl adjacent to an activating group) is 1. The molecule has 1 unspecified atom stereocenters. The lowest BCUT2D eigenvalue weighted by Crippen LogP contribution is -2.44. The van der Waals surface area contributed by atoms with Crippen LogP contribution in [0.5, 0.6) is 0 Å². The Balaban J connectivity index is 0.00000338. The largest absolute Gasteiger partial charge is 0.370 e. The zero-order valence-electron chi connectivity index (χ0n) is 15.5. The highest BCUT2D eigenvalue weighted by Crippen LogP contribution is 2.25. The summed E-state index contributed by atoms with van der Waals surface area (Å²) in [5, 5.41) is 4.45. The van der Waals surface area contributed by atoms with Crippen molar-refractivity contribution in [3.8, 4) is 0 Å². The van der Waals surface area contributed by atoms with Gasteiger partial charge in [-0.05, 0) is 51.1 Å². The Labute approximate surface area is 184 Å². The molecule has 0 spiro atoms. The number of hydrogen-bond acceptors (Lipinski definition) is 3. The van der Waals surface area contributed by atoms with Crippen LogP contribution in [0.3, 0.4) is 0 Å². The minimum absolute atomic E-state index is 0. The molecule has 0 radical (unpaired) electrons. The van der Waals surface area contributed by atoms with Crippen LogP contribution in [0.1, 0.15) is 31.4 Å². The standard InChI is InChI=1S/C18H29Cl2N5.HI/c1-14(16-6-5-15(19)13-17(16)20)23-18(21)22-7-3-4-8-25-11-9-24(2)10-12-25;/h5-6,13-14H,3-4,7-12H2,1-2H3,(H3,21,22,23);1H. The molecule has 1 aliphatic rings. The Bertz CT molecular complexity index is 577. The highest BCUT2D eigenvalue weighted by molar-refractivity contribution is 14.0. The minimum atomic E-state index is -0.0149. The van der Waals surface area contributed by atoms with Crippen LogP contribution in [0.25, 0.3) is 0 Å². The topological polar surface area (TPSA) is 56.9 Å². The lowest BCUT2D eigenvalue weighted by atomic mass is 10.1. The van der Waals surface area contributed by atoms with Crippen molar-refractivity contribution in [2.24, 2.45) is 10.7 Å².